The molecule has 6 nitrogen and oxygen atoms in total. The number of nitrogens with zero attached hydrogens (tertiary/aromatic N) is 2. The van der Waals surface area contributed by atoms with Crippen molar-refractivity contribution < 1.29 is 14.8 Å². The topological polar surface area (TPSA) is 85.5 Å². The number of aliphatic hydroxyl groups excluding tert-OH is 1. The Morgan fingerprint density at radius 1 is 1.65 bits per heavy atom. The molecule has 1 atom stereocenters. The third-order valence-corrected chi connectivity index (χ3v) is 2.90. The SMILES string of the molecule is COc1ccc([N+](=O)[O-])c(CC(O)C2CC2)n1. The van der Waals surface area contributed by atoms with Crippen molar-refractivity contribution in [1.29, 1.82) is 0 Å². The van der Waals surface area contributed by atoms with Crippen molar-refractivity contribution >= 4 is 5.69 Å². The zero-order valence-corrected chi connectivity index (χ0v) is 9.50. The molecule has 0 aliphatic heterocycles. The van der Waals surface area contributed by atoms with E-state index in [-0.39, 0.29) is 23.7 Å². The second kappa shape index (κ2) is 4.67. The van der Waals surface area contributed by atoms with E-state index in [4.69, 9.17) is 4.74 Å². The van der Waals surface area contributed by atoms with Gasteiger partial charge in [0.1, 0.15) is 5.69 Å². The van der Waals surface area contributed by atoms with E-state index in [0.29, 0.717) is 5.88 Å². The highest BCUT2D eigenvalue weighted by Gasteiger charge is 2.32. The van der Waals surface area contributed by atoms with Gasteiger partial charge >= 0.3 is 0 Å². The maximum atomic E-state index is 10.8. The standard InChI is InChI=1S/C11H14N2O4/c1-17-11-5-4-9(13(15)16)8(12-11)6-10(14)7-2-3-7/h4-5,7,10,14H,2-3,6H2,1H3. The number of pyridine rings is 1. The van der Waals surface area contributed by atoms with E-state index in [1.54, 1.807) is 0 Å². The Balaban J connectivity index is 2.23. The second-order valence-electron chi connectivity index (χ2n) is 4.19. The first-order chi connectivity index (χ1) is 8.11. The van der Waals surface area contributed by atoms with Crippen LogP contribution in [0.15, 0.2) is 12.1 Å². The van der Waals surface area contributed by atoms with E-state index >= 15 is 0 Å². The molecule has 6 heteroatoms. The Hall–Kier alpha value is -1.69. The highest BCUT2D eigenvalue weighted by molar-refractivity contribution is 5.38. The molecule has 1 aromatic heterocycles. The maximum absolute atomic E-state index is 10.8. The summed E-state index contributed by atoms with van der Waals surface area (Å²) in [6, 6.07) is 2.81. The molecular formula is C11H14N2O4. The molecule has 17 heavy (non-hydrogen) atoms. The van der Waals surface area contributed by atoms with Gasteiger partial charge in [0, 0.05) is 18.6 Å². The highest BCUT2D eigenvalue weighted by Crippen LogP contribution is 2.35. The quantitative estimate of drug-likeness (QED) is 0.617. The molecule has 1 fully saturated rings. The second-order valence-corrected chi connectivity index (χ2v) is 4.19. The molecule has 0 radical (unpaired) electrons. The lowest BCUT2D eigenvalue weighted by Crippen LogP contribution is -2.15. The molecule has 0 aromatic carbocycles. The van der Waals surface area contributed by atoms with Crippen LogP contribution in [0, 0.1) is 16.0 Å². The molecule has 1 aromatic rings. The smallest absolute Gasteiger partial charge is 0.291 e. The Morgan fingerprint density at radius 2 is 2.35 bits per heavy atom. The fourth-order valence-corrected chi connectivity index (χ4v) is 1.75. The molecule has 0 bridgehead atoms. The van der Waals surface area contributed by atoms with Crippen LogP contribution in [0.5, 0.6) is 5.88 Å². The van der Waals surface area contributed by atoms with Gasteiger partial charge in [-0.15, -0.1) is 0 Å². The summed E-state index contributed by atoms with van der Waals surface area (Å²) in [4.78, 5) is 14.4. The van der Waals surface area contributed by atoms with E-state index in [9.17, 15) is 15.2 Å². The summed E-state index contributed by atoms with van der Waals surface area (Å²) in [6.45, 7) is 0. The molecule has 1 N–H and O–H groups in total. The molecular weight excluding hydrogens is 224 g/mol. The molecule has 1 heterocycles. The van der Waals surface area contributed by atoms with Gasteiger partial charge in [-0.2, -0.15) is 0 Å². The fourth-order valence-electron chi connectivity index (χ4n) is 1.75. The van der Waals surface area contributed by atoms with Crippen LogP contribution in [0.1, 0.15) is 18.5 Å². The third-order valence-electron chi connectivity index (χ3n) is 2.90. The van der Waals surface area contributed by atoms with Crippen molar-refractivity contribution in [3.8, 4) is 5.88 Å². The normalized spacial score (nSPS) is 16.6. The molecule has 1 unspecified atom stereocenters. The Bertz CT molecular complexity index is 431. The van der Waals surface area contributed by atoms with Crippen LogP contribution in [0.25, 0.3) is 0 Å². The minimum Gasteiger partial charge on any atom is -0.481 e. The molecule has 1 saturated carbocycles. The lowest BCUT2D eigenvalue weighted by atomic mass is 10.1. The number of ether oxygens (including phenoxy) is 1. The third kappa shape index (κ3) is 2.71. The summed E-state index contributed by atoms with van der Waals surface area (Å²) in [5, 5.41) is 20.6. The van der Waals surface area contributed by atoms with Gasteiger partial charge in [-0.05, 0) is 18.8 Å². The molecule has 2 rings (SSSR count). The Labute approximate surface area is 98.4 Å². The molecule has 1 aliphatic rings. The minimum absolute atomic E-state index is 0.0644. The van der Waals surface area contributed by atoms with E-state index in [1.165, 1.54) is 19.2 Å². The molecule has 92 valence electrons. The minimum atomic E-state index is -0.548. The van der Waals surface area contributed by atoms with E-state index in [0.717, 1.165) is 12.8 Å². The van der Waals surface area contributed by atoms with E-state index < -0.39 is 11.0 Å². The molecule has 0 saturated heterocycles. The van der Waals surface area contributed by atoms with E-state index in [1.807, 2.05) is 0 Å². The Kier molecular flexibility index (Phi) is 3.23. The van der Waals surface area contributed by atoms with Crippen LogP contribution in [0.3, 0.4) is 0 Å². The van der Waals surface area contributed by atoms with Gasteiger partial charge < -0.3 is 9.84 Å². The van der Waals surface area contributed by atoms with Crippen molar-refractivity contribution in [3.05, 3.63) is 27.9 Å². The molecule has 0 spiro atoms. The van der Waals surface area contributed by atoms with Crippen molar-refractivity contribution in [2.45, 2.75) is 25.4 Å². The van der Waals surface area contributed by atoms with Crippen LogP contribution in [0.2, 0.25) is 0 Å². The summed E-state index contributed by atoms with van der Waals surface area (Å²) in [7, 11) is 1.45. The highest BCUT2D eigenvalue weighted by atomic mass is 16.6. The lowest BCUT2D eigenvalue weighted by molar-refractivity contribution is -0.386. The van der Waals surface area contributed by atoms with Gasteiger partial charge in [-0.3, -0.25) is 10.1 Å². The van der Waals surface area contributed by atoms with Crippen LogP contribution in [-0.4, -0.2) is 28.2 Å². The monoisotopic (exact) mass is 238 g/mol. The number of aliphatic hydroxyl groups is 1. The number of methoxy groups -OCH3 is 1. The van der Waals surface area contributed by atoms with Gasteiger partial charge in [0.05, 0.1) is 18.1 Å². The van der Waals surface area contributed by atoms with E-state index in [2.05, 4.69) is 4.98 Å². The maximum Gasteiger partial charge on any atom is 0.291 e. The summed E-state index contributed by atoms with van der Waals surface area (Å²) in [5.41, 5.74) is 0.222. The van der Waals surface area contributed by atoms with Crippen molar-refractivity contribution in [1.82, 2.24) is 4.98 Å². The van der Waals surface area contributed by atoms with Gasteiger partial charge in [-0.1, -0.05) is 0 Å². The van der Waals surface area contributed by atoms with Crippen LogP contribution < -0.4 is 4.74 Å². The summed E-state index contributed by atoms with van der Waals surface area (Å²) in [5.74, 6) is 0.594. The largest absolute Gasteiger partial charge is 0.481 e. The molecule has 0 amide bonds. The van der Waals surface area contributed by atoms with Gasteiger partial charge in [0.2, 0.25) is 5.88 Å². The van der Waals surface area contributed by atoms with Gasteiger partial charge in [0.15, 0.2) is 0 Å². The average molecular weight is 238 g/mol. The van der Waals surface area contributed by atoms with Crippen LogP contribution in [0.4, 0.5) is 5.69 Å². The van der Waals surface area contributed by atoms with Crippen molar-refractivity contribution in [2.24, 2.45) is 5.92 Å². The first-order valence-corrected chi connectivity index (χ1v) is 5.48. The number of aromatic nitrogens is 1. The zero-order chi connectivity index (χ0) is 12.4. The van der Waals surface area contributed by atoms with Gasteiger partial charge in [-0.25, -0.2) is 4.98 Å². The summed E-state index contributed by atoms with van der Waals surface area (Å²) < 4.78 is 4.93. The fraction of sp³-hybridized carbons (Fsp3) is 0.545. The number of rotatable bonds is 5. The van der Waals surface area contributed by atoms with Crippen LogP contribution in [-0.2, 0) is 6.42 Å². The molecule has 1 aliphatic carbocycles. The van der Waals surface area contributed by atoms with Crippen LogP contribution >= 0.6 is 0 Å². The summed E-state index contributed by atoms with van der Waals surface area (Å²) >= 11 is 0. The first-order valence-electron chi connectivity index (χ1n) is 5.48. The first kappa shape index (κ1) is 11.8. The summed E-state index contributed by atoms with van der Waals surface area (Å²) in [6.07, 6.45) is 1.63. The number of hydrogen-bond acceptors (Lipinski definition) is 5. The Morgan fingerprint density at radius 3 is 2.88 bits per heavy atom. The van der Waals surface area contributed by atoms with Crippen molar-refractivity contribution in [3.63, 3.8) is 0 Å². The zero-order valence-electron chi connectivity index (χ0n) is 9.50. The van der Waals surface area contributed by atoms with Gasteiger partial charge in [0.25, 0.3) is 5.69 Å². The predicted molar refractivity (Wildman–Crippen MR) is 59.9 cm³/mol. The predicted octanol–water partition coefficient (Wildman–Crippen LogP) is 1.31. The average Bonchev–Trinajstić information content (AvgIpc) is 3.12. The number of hydrogen-bond donors (Lipinski definition) is 1. The lowest BCUT2D eigenvalue weighted by Gasteiger charge is -2.09. The number of nitro groups is 1. The van der Waals surface area contributed by atoms with Crippen molar-refractivity contribution in [2.75, 3.05) is 7.11 Å².